The summed E-state index contributed by atoms with van der Waals surface area (Å²) in [6.45, 7) is 10.8. The Morgan fingerprint density at radius 2 is 1.80 bits per heavy atom. The average molecular weight is 620 g/mol. The van der Waals surface area contributed by atoms with Crippen LogP contribution in [0.15, 0.2) is 36.5 Å². The number of hydrogen-bond acceptors (Lipinski definition) is 8. The smallest absolute Gasteiger partial charge is 0.408 e. The number of alkyl carbamates (subject to hydrolysis) is 1. The van der Waals surface area contributed by atoms with Crippen LogP contribution >= 0.6 is 0 Å². The van der Waals surface area contributed by atoms with Crippen LogP contribution in [-0.4, -0.2) is 49.0 Å². The SMILES string of the molecule is Cc1nc2c(OCc3c(F)cccc3F)cccn2c1-c1nc(NCC2(NC(=O)OC(C)(C)C)CC2)c2c(n1)NC(=O)C2(C)C. The van der Waals surface area contributed by atoms with Crippen LogP contribution in [0.5, 0.6) is 5.75 Å². The number of pyridine rings is 1. The molecule has 4 aromatic rings. The second kappa shape index (κ2) is 10.7. The number of amides is 2. The molecule has 0 saturated heterocycles. The van der Waals surface area contributed by atoms with Gasteiger partial charge in [0.25, 0.3) is 0 Å². The number of rotatable bonds is 8. The number of imidazole rings is 1. The molecule has 1 aromatic carbocycles. The number of carbonyl (C=O) groups is 2. The predicted octanol–water partition coefficient (Wildman–Crippen LogP) is 5.66. The van der Waals surface area contributed by atoms with Crippen LogP contribution in [0.1, 0.15) is 64.3 Å². The van der Waals surface area contributed by atoms with Gasteiger partial charge in [0.05, 0.1) is 27.8 Å². The Morgan fingerprint density at radius 1 is 1.09 bits per heavy atom. The fourth-order valence-electron chi connectivity index (χ4n) is 5.38. The molecule has 1 fully saturated rings. The molecule has 45 heavy (non-hydrogen) atoms. The third kappa shape index (κ3) is 5.74. The Balaban J connectivity index is 1.34. The monoisotopic (exact) mass is 619 g/mol. The largest absolute Gasteiger partial charge is 0.485 e. The minimum absolute atomic E-state index is 0.186. The van der Waals surface area contributed by atoms with Gasteiger partial charge in [-0.1, -0.05) is 6.07 Å². The van der Waals surface area contributed by atoms with Crippen molar-refractivity contribution in [1.82, 2.24) is 24.7 Å². The lowest BCUT2D eigenvalue weighted by Crippen LogP contribution is -2.44. The zero-order chi connectivity index (χ0) is 32.3. The standard InChI is InChI=1S/C32H35F2N7O4/c1-17-23(41-14-8-11-21(27(41)36-17)44-15-18-19(33)9-7-10-20(18)34)26-37-24(22-25(38-26)39-28(42)31(22,5)6)35-16-32(12-13-32)40-29(43)45-30(2,3)4/h7-11,14H,12-13,15-16H2,1-6H3,(H,40,43)(H2,35,37,38,39,42). The molecule has 1 aliphatic carbocycles. The van der Waals surface area contributed by atoms with Gasteiger partial charge in [-0.3, -0.25) is 9.20 Å². The number of nitrogens with one attached hydrogen (secondary N) is 3. The van der Waals surface area contributed by atoms with E-state index in [1.807, 2.05) is 20.8 Å². The molecule has 0 radical (unpaired) electrons. The van der Waals surface area contributed by atoms with Gasteiger partial charge in [-0.05, 0) is 78.6 Å². The number of aryl methyl sites for hydroxylation is 1. The second-order valence-electron chi connectivity index (χ2n) is 13.1. The van der Waals surface area contributed by atoms with Crippen molar-refractivity contribution in [2.45, 2.75) is 77.5 Å². The highest BCUT2D eigenvalue weighted by molar-refractivity contribution is 6.06. The van der Waals surface area contributed by atoms with Gasteiger partial charge in [-0.2, -0.15) is 0 Å². The number of halogens is 2. The maximum atomic E-state index is 14.2. The average Bonchev–Trinajstić information content (AvgIpc) is 3.54. The van der Waals surface area contributed by atoms with Gasteiger partial charge in [0, 0.05) is 12.7 Å². The zero-order valence-electron chi connectivity index (χ0n) is 26.0. The van der Waals surface area contributed by atoms with Crippen molar-refractivity contribution >= 4 is 29.3 Å². The second-order valence-corrected chi connectivity index (χ2v) is 13.1. The molecule has 236 valence electrons. The van der Waals surface area contributed by atoms with Gasteiger partial charge in [0.15, 0.2) is 17.2 Å². The van der Waals surface area contributed by atoms with Crippen LogP contribution in [0.25, 0.3) is 17.2 Å². The molecule has 2 amide bonds. The molecule has 2 aliphatic rings. The van der Waals surface area contributed by atoms with Crippen LogP contribution in [0.2, 0.25) is 0 Å². The summed E-state index contributed by atoms with van der Waals surface area (Å²) >= 11 is 0. The molecule has 1 aliphatic heterocycles. The summed E-state index contributed by atoms with van der Waals surface area (Å²) < 4.78 is 41.5. The Hall–Kier alpha value is -4.81. The van der Waals surface area contributed by atoms with Gasteiger partial charge in [-0.15, -0.1) is 0 Å². The summed E-state index contributed by atoms with van der Waals surface area (Å²) in [6, 6.07) is 7.04. The fraction of sp³-hybridized carbons (Fsp3) is 0.406. The zero-order valence-corrected chi connectivity index (χ0v) is 26.0. The Kier molecular flexibility index (Phi) is 7.17. The molecule has 0 spiro atoms. The lowest BCUT2D eigenvalue weighted by Gasteiger charge is -2.25. The summed E-state index contributed by atoms with van der Waals surface area (Å²) in [6.07, 6.45) is 2.78. The lowest BCUT2D eigenvalue weighted by molar-refractivity contribution is -0.119. The molecule has 11 nitrogen and oxygen atoms in total. The van der Waals surface area contributed by atoms with E-state index in [4.69, 9.17) is 19.4 Å². The fourth-order valence-corrected chi connectivity index (χ4v) is 5.38. The van der Waals surface area contributed by atoms with Crippen LogP contribution in [0, 0.1) is 18.6 Å². The Labute approximate surface area is 258 Å². The Morgan fingerprint density at radius 3 is 2.47 bits per heavy atom. The van der Waals surface area contributed by atoms with Crippen molar-refractivity contribution < 1.29 is 27.8 Å². The predicted molar refractivity (Wildman–Crippen MR) is 163 cm³/mol. The van der Waals surface area contributed by atoms with Gasteiger partial charge >= 0.3 is 6.09 Å². The molecule has 0 atom stereocenters. The molecular formula is C32H35F2N7O4. The molecular weight excluding hydrogens is 584 g/mol. The quantitative estimate of drug-likeness (QED) is 0.230. The topological polar surface area (TPSA) is 132 Å². The molecule has 4 heterocycles. The van der Waals surface area contributed by atoms with Gasteiger partial charge in [0.1, 0.15) is 41.2 Å². The summed E-state index contributed by atoms with van der Waals surface area (Å²) in [4.78, 5) is 39.8. The number of nitrogens with zero attached hydrogens (tertiary/aromatic N) is 4. The molecule has 1 saturated carbocycles. The molecule has 6 rings (SSSR count). The summed E-state index contributed by atoms with van der Waals surface area (Å²) in [5.74, 6) is -0.188. The highest BCUT2D eigenvalue weighted by atomic mass is 19.1. The van der Waals surface area contributed by atoms with Crippen molar-refractivity contribution in [2.24, 2.45) is 0 Å². The highest BCUT2D eigenvalue weighted by Crippen LogP contribution is 2.43. The highest BCUT2D eigenvalue weighted by Gasteiger charge is 2.47. The van der Waals surface area contributed by atoms with Crippen molar-refractivity contribution in [1.29, 1.82) is 0 Å². The van der Waals surface area contributed by atoms with E-state index in [1.165, 1.54) is 18.2 Å². The van der Waals surface area contributed by atoms with E-state index in [0.717, 1.165) is 12.8 Å². The maximum absolute atomic E-state index is 14.2. The first-order chi connectivity index (χ1) is 21.2. The molecule has 0 unspecified atom stereocenters. The lowest BCUT2D eigenvalue weighted by atomic mass is 9.87. The number of ether oxygens (including phenoxy) is 2. The first-order valence-corrected chi connectivity index (χ1v) is 14.7. The van der Waals surface area contributed by atoms with Crippen molar-refractivity contribution in [2.75, 3.05) is 17.2 Å². The van der Waals surface area contributed by atoms with E-state index in [-0.39, 0.29) is 18.1 Å². The van der Waals surface area contributed by atoms with Crippen LogP contribution in [0.3, 0.4) is 0 Å². The Bertz CT molecular complexity index is 1820. The molecule has 0 bridgehead atoms. The number of hydrogen-bond donors (Lipinski definition) is 3. The summed E-state index contributed by atoms with van der Waals surface area (Å²) in [5, 5.41) is 9.25. The van der Waals surface area contributed by atoms with E-state index < -0.39 is 34.3 Å². The number of benzene rings is 1. The van der Waals surface area contributed by atoms with E-state index in [2.05, 4.69) is 20.9 Å². The number of fused-ring (bicyclic) bond motifs is 2. The van der Waals surface area contributed by atoms with Crippen LogP contribution in [0.4, 0.5) is 25.2 Å². The summed E-state index contributed by atoms with van der Waals surface area (Å²) in [7, 11) is 0. The van der Waals surface area contributed by atoms with E-state index in [9.17, 15) is 18.4 Å². The number of anilines is 2. The molecule has 13 heteroatoms. The molecule has 3 N–H and O–H groups in total. The third-order valence-electron chi connectivity index (χ3n) is 7.98. The van der Waals surface area contributed by atoms with Gasteiger partial charge in [0.2, 0.25) is 5.91 Å². The number of carbonyl (C=O) groups excluding carboxylic acids is 2. The van der Waals surface area contributed by atoms with Gasteiger partial charge < -0.3 is 25.4 Å². The van der Waals surface area contributed by atoms with E-state index in [0.29, 0.717) is 52.4 Å². The minimum atomic E-state index is -0.914. The van der Waals surface area contributed by atoms with E-state index in [1.54, 1.807) is 43.5 Å². The first-order valence-electron chi connectivity index (χ1n) is 14.7. The van der Waals surface area contributed by atoms with Crippen molar-refractivity contribution in [3.8, 4) is 17.3 Å². The van der Waals surface area contributed by atoms with Crippen LogP contribution in [-0.2, 0) is 21.6 Å². The van der Waals surface area contributed by atoms with Gasteiger partial charge in [-0.25, -0.2) is 28.5 Å². The van der Waals surface area contributed by atoms with Crippen LogP contribution < -0.4 is 20.7 Å². The first kappa shape index (κ1) is 30.2. The van der Waals surface area contributed by atoms with Crippen molar-refractivity contribution in [3.63, 3.8) is 0 Å². The minimum Gasteiger partial charge on any atom is -0.485 e. The van der Waals surface area contributed by atoms with E-state index >= 15 is 0 Å². The van der Waals surface area contributed by atoms with Crippen molar-refractivity contribution in [3.05, 3.63) is 65.0 Å². The molecule has 3 aromatic heterocycles. The maximum Gasteiger partial charge on any atom is 0.408 e. The normalized spacial score (nSPS) is 16.2. The number of aromatic nitrogens is 4. The summed E-state index contributed by atoms with van der Waals surface area (Å²) in [5.41, 5.74) is -0.0968. The third-order valence-corrected chi connectivity index (χ3v) is 7.98.